The van der Waals surface area contributed by atoms with Crippen molar-refractivity contribution in [2.45, 2.75) is 19.5 Å². The van der Waals surface area contributed by atoms with Crippen LogP contribution >= 0.6 is 0 Å². The molecule has 0 bridgehead atoms. The summed E-state index contributed by atoms with van der Waals surface area (Å²) in [6, 6.07) is 13.7. The Morgan fingerprint density at radius 2 is 2.00 bits per heavy atom. The van der Waals surface area contributed by atoms with Gasteiger partial charge in [-0.25, -0.2) is 4.98 Å². The van der Waals surface area contributed by atoms with Gasteiger partial charge in [0.15, 0.2) is 0 Å². The minimum absolute atomic E-state index is 0.0648. The molecule has 0 amide bonds. The topological polar surface area (TPSA) is 92.1 Å². The molecule has 128 valence electrons. The number of nitro benzene ring substituents is 1. The lowest BCUT2D eigenvalue weighted by molar-refractivity contribution is -0.384. The van der Waals surface area contributed by atoms with E-state index in [-0.39, 0.29) is 17.3 Å². The lowest BCUT2D eigenvalue weighted by Crippen LogP contribution is -2.25. The molecule has 0 saturated carbocycles. The fourth-order valence-electron chi connectivity index (χ4n) is 2.74. The largest absolute Gasteiger partial charge is 0.309 e. The molecule has 3 rings (SSSR count). The van der Waals surface area contributed by atoms with Crippen LogP contribution in [0, 0.1) is 10.1 Å². The van der Waals surface area contributed by atoms with Gasteiger partial charge >= 0.3 is 0 Å². The first-order chi connectivity index (χ1) is 12.0. The summed E-state index contributed by atoms with van der Waals surface area (Å²) in [4.78, 5) is 32.0. The van der Waals surface area contributed by atoms with Crippen molar-refractivity contribution in [3.8, 4) is 0 Å². The number of H-pyrrole nitrogens is 1. The van der Waals surface area contributed by atoms with Crippen molar-refractivity contribution in [1.29, 1.82) is 0 Å². The number of nitrogens with one attached hydrogen (secondary N) is 1. The normalized spacial score (nSPS) is 12.4. The van der Waals surface area contributed by atoms with Crippen LogP contribution in [0.25, 0.3) is 10.9 Å². The van der Waals surface area contributed by atoms with Crippen LogP contribution in [0.4, 0.5) is 5.69 Å². The first-order valence-electron chi connectivity index (χ1n) is 7.88. The number of hydrogen-bond acceptors (Lipinski definition) is 5. The van der Waals surface area contributed by atoms with Gasteiger partial charge in [-0.2, -0.15) is 0 Å². The maximum atomic E-state index is 12.2. The Labute approximate surface area is 144 Å². The molecule has 1 atom stereocenters. The van der Waals surface area contributed by atoms with Crippen molar-refractivity contribution in [2.75, 3.05) is 7.05 Å². The van der Waals surface area contributed by atoms with E-state index in [1.54, 1.807) is 30.3 Å². The molecule has 0 unspecified atom stereocenters. The lowest BCUT2D eigenvalue weighted by atomic mass is 10.1. The first-order valence-corrected chi connectivity index (χ1v) is 7.88. The number of aromatic amines is 1. The highest BCUT2D eigenvalue weighted by Gasteiger charge is 2.16. The number of benzene rings is 2. The monoisotopic (exact) mass is 338 g/mol. The molecule has 1 heterocycles. The number of rotatable bonds is 5. The van der Waals surface area contributed by atoms with Gasteiger partial charge < -0.3 is 4.98 Å². The van der Waals surface area contributed by atoms with Crippen LogP contribution in [0.15, 0.2) is 53.3 Å². The number of nitro groups is 1. The fraction of sp³-hybridized carbons (Fsp3) is 0.222. The molecule has 0 aliphatic carbocycles. The molecule has 0 radical (unpaired) electrons. The van der Waals surface area contributed by atoms with E-state index < -0.39 is 4.92 Å². The molecule has 1 aromatic heterocycles. The zero-order valence-corrected chi connectivity index (χ0v) is 14.0. The molecule has 7 nitrogen and oxygen atoms in total. The average molecular weight is 338 g/mol. The van der Waals surface area contributed by atoms with E-state index >= 15 is 0 Å². The summed E-state index contributed by atoms with van der Waals surface area (Å²) in [5, 5.41) is 11.5. The minimum Gasteiger partial charge on any atom is -0.309 e. The van der Waals surface area contributed by atoms with Gasteiger partial charge in [0.05, 0.1) is 22.4 Å². The molecule has 0 spiro atoms. The van der Waals surface area contributed by atoms with E-state index in [4.69, 9.17) is 0 Å². The third kappa shape index (κ3) is 3.56. The number of aromatic nitrogens is 2. The summed E-state index contributed by atoms with van der Waals surface area (Å²) in [7, 11) is 1.89. The average Bonchev–Trinajstić information content (AvgIpc) is 2.61. The van der Waals surface area contributed by atoms with Crippen molar-refractivity contribution >= 4 is 16.6 Å². The van der Waals surface area contributed by atoms with E-state index in [1.165, 1.54) is 6.07 Å². The predicted molar refractivity (Wildman–Crippen MR) is 95.3 cm³/mol. The molecular weight excluding hydrogens is 320 g/mol. The number of nitrogens with zero attached hydrogens (tertiary/aromatic N) is 3. The third-order valence-electron chi connectivity index (χ3n) is 4.29. The molecular formula is C18H18N4O3. The van der Waals surface area contributed by atoms with Crippen molar-refractivity contribution in [3.63, 3.8) is 0 Å². The second-order valence-electron chi connectivity index (χ2n) is 5.97. The summed E-state index contributed by atoms with van der Waals surface area (Å²) < 4.78 is 0. The smallest absolute Gasteiger partial charge is 0.269 e. The molecule has 3 aromatic rings. The Morgan fingerprint density at radius 3 is 2.76 bits per heavy atom. The SMILES string of the molecule is C[C@H](c1cccc([N+](=O)[O-])c1)N(C)Cc1nc2ccccc2c(=O)[nH]1. The first kappa shape index (κ1) is 16.8. The molecule has 1 N–H and O–H groups in total. The van der Waals surface area contributed by atoms with E-state index in [0.717, 1.165) is 5.56 Å². The summed E-state index contributed by atoms with van der Waals surface area (Å²) in [6.07, 6.45) is 0. The van der Waals surface area contributed by atoms with Crippen LogP contribution in [0.1, 0.15) is 24.4 Å². The highest BCUT2D eigenvalue weighted by molar-refractivity contribution is 5.77. The maximum absolute atomic E-state index is 12.2. The molecule has 0 fully saturated rings. The molecule has 7 heteroatoms. The van der Waals surface area contributed by atoms with E-state index in [0.29, 0.717) is 23.3 Å². The van der Waals surface area contributed by atoms with Gasteiger partial charge in [-0.15, -0.1) is 0 Å². The number of non-ortho nitro benzene ring substituents is 1. The van der Waals surface area contributed by atoms with Gasteiger partial charge in [0, 0.05) is 18.2 Å². The van der Waals surface area contributed by atoms with E-state index in [2.05, 4.69) is 9.97 Å². The van der Waals surface area contributed by atoms with Gasteiger partial charge in [0.2, 0.25) is 0 Å². The Bertz CT molecular complexity index is 983. The second kappa shape index (κ2) is 6.82. The lowest BCUT2D eigenvalue weighted by Gasteiger charge is -2.24. The predicted octanol–water partition coefficient (Wildman–Crippen LogP) is 3.02. The number of hydrogen-bond donors (Lipinski definition) is 1. The summed E-state index contributed by atoms with van der Waals surface area (Å²) in [5.41, 5.74) is 1.38. The zero-order valence-electron chi connectivity index (χ0n) is 14.0. The molecule has 2 aromatic carbocycles. The van der Waals surface area contributed by atoms with Crippen molar-refractivity contribution < 1.29 is 4.92 Å². The van der Waals surface area contributed by atoms with Crippen LogP contribution in [0.3, 0.4) is 0 Å². The maximum Gasteiger partial charge on any atom is 0.269 e. The molecule has 0 aliphatic rings. The second-order valence-corrected chi connectivity index (χ2v) is 5.97. The highest BCUT2D eigenvalue weighted by atomic mass is 16.6. The minimum atomic E-state index is -0.404. The molecule has 25 heavy (non-hydrogen) atoms. The van der Waals surface area contributed by atoms with Crippen LogP contribution in [-0.2, 0) is 6.54 Å². The van der Waals surface area contributed by atoms with Gasteiger partial charge in [-0.1, -0.05) is 24.3 Å². The van der Waals surface area contributed by atoms with Crippen molar-refractivity contribution in [1.82, 2.24) is 14.9 Å². The number of para-hydroxylation sites is 1. The van der Waals surface area contributed by atoms with Crippen LogP contribution in [0.2, 0.25) is 0 Å². The van der Waals surface area contributed by atoms with Crippen LogP contribution in [-0.4, -0.2) is 26.8 Å². The van der Waals surface area contributed by atoms with E-state index in [9.17, 15) is 14.9 Å². The van der Waals surface area contributed by atoms with Crippen molar-refractivity contribution in [3.05, 3.63) is 80.4 Å². The fourth-order valence-corrected chi connectivity index (χ4v) is 2.74. The van der Waals surface area contributed by atoms with Crippen LogP contribution < -0.4 is 5.56 Å². The Balaban J connectivity index is 1.84. The molecule has 0 aliphatic heterocycles. The summed E-state index contributed by atoms with van der Waals surface area (Å²) in [6.45, 7) is 2.38. The van der Waals surface area contributed by atoms with Gasteiger partial charge in [0.25, 0.3) is 11.2 Å². The van der Waals surface area contributed by atoms with Gasteiger partial charge in [-0.05, 0) is 31.7 Å². The zero-order chi connectivity index (χ0) is 18.0. The standard InChI is InChI=1S/C18H18N4O3/c1-12(13-6-5-7-14(10-13)22(24)25)21(2)11-17-19-16-9-4-3-8-15(16)18(23)20-17/h3-10,12H,11H2,1-2H3,(H,19,20,23)/t12-/m1/s1. The van der Waals surface area contributed by atoms with E-state index in [1.807, 2.05) is 31.0 Å². The summed E-state index contributed by atoms with van der Waals surface area (Å²) >= 11 is 0. The Morgan fingerprint density at radius 1 is 1.24 bits per heavy atom. The van der Waals surface area contributed by atoms with Gasteiger partial charge in [-0.3, -0.25) is 19.8 Å². The number of fused-ring (bicyclic) bond motifs is 1. The molecule has 0 saturated heterocycles. The van der Waals surface area contributed by atoms with Crippen molar-refractivity contribution in [2.24, 2.45) is 0 Å². The third-order valence-corrected chi connectivity index (χ3v) is 4.29. The summed E-state index contributed by atoms with van der Waals surface area (Å²) in [5.74, 6) is 0.559. The Hall–Kier alpha value is -3.06. The Kier molecular flexibility index (Phi) is 4.58. The van der Waals surface area contributed by atoms with Crippen LogP contribution in [0.5, 0.6) is 0 Å². The quantitative estimate of drug-likeness (QED) is 0.570. The van der Waals surface area contributed by atoms with Gasteiger partial charge in [0.1, 0.15) is 5.82 Å². The highest BCUT2D eigenvalue weighted by Crippen LogP contribution is 2.23.